The molecule has 0 aromatic carbocycles. The first kappa shape index (κ1) is 23.7. The summed E-state index contributed by atoms with van der Waals surface area (Å²) in [6.45, 7) is 10.6. The van der Waals surface area contributed by atoms with E-state index in [0.717, 1.165) is 35.0 Å². The van der Waals surface area contributed by atoms with Gasteiger partial charge in [0.15, 0.2) is 5.82 Å². The van der Waals surface area contributed by atoms with Gasteiger partial charge in [-0.05, 0) is 65.2 Å². The van der Waals surface area contributed by atoms with Crippen molar-refractivity contribution in [1.29, 1.82) is 0 Å². The van der Waals surface area contributed by atoms with E-state index in [0.29, 0.717) is 42.1 Å². The summed E-state index contributed by atoms with van der Waals surface area (Å²) >= 11 is 0. The van der Waals surface area contributed by atoms with Crippen LogP contribution >= 0.6 is 0 Å². The van der Waals surface area contributed by atoms with Crippen LogP contribution in [0.4, 0.5) is 10.7 Å². The molecule has 1 aliphatic rings. The van der Waals surface area contributed by atoms with Crippen LogP contribution in [0.3, 0.4) is 0 Å². The van der Waals surface area contributed by atoms with Gasteiger partial charge in [-0.1, -0.05) is 5.16 Å². The summed E-state index contributed by atoms with van der Waals surface area (Å²) in [4.78, 5) is 35.7. The van der Waals surface area contributed by atoms with Gasteiger partial charge in [0.1, 0.15) is 16.9 Å². The van der Waals surface area contributed by atoms with Crippen LogP contribution in [0.2, 0.25) is 0 Å². The number of aryl methyl sites for hydroxylation is 2. The number of piperidine rings is 1. The highest BCUT2D eigenvalue weighted by Crippen LogP contribution is 2.31. The Morgan fingerprint density at radius 1 is 1.22 bits per heavy atom. The molecule has 1 saturated heterocycles. The maximum atomic E-state index is 12.5. The highest BCUT2D eigenvalue weighted by atomic mass is 16.6. The van der Waals surface area contributed by atoms with Gasteiger partial charge in [-0.15, -0.1) is 0 Å². The number of pyridine rings is 1. The number of rotatable bonds is 4. The summed E-state index contributed by atoms with van der Waals surface area (Å²) in [5.41, 5.74) is 3.45. The van der Waals surface area contributed by atoms with E-state index in [2.05, 4.69) is 30.4 Å². The van der Waals surface area contributed by atoms with Crippen LogP contribution in [0, 0.1) is 13.8 Å². The van der Waals surface area contributed by atoms with Crippen molar-refractivity contribution in [2.45, 2.75) is 59.1 Å². The molecule has 0 unspecified atom stereocenters. The summed E-state index contributed by atoms with van der Waals surface area (Å²) in [5, 5.41) is 8.18. The first-order chi connectivity index (χ1) is 17.2. The van der Waals surface area contributed by atoms with Crippen molar-refractivity contribution in [3.63, 3.8) is 0 Å². The molecule has 0 radical (unpaired) electrons. The number of likely N-dealkylation sites (tertiary alicyclic amines) is 1. The number of H-pyrrole nitrogens is 1. The van der Waals surface area contributed by atoms with Crippen molar-refractivity contribution >= 4 is 23.1 Å². The molecule has 188 valence electrons. The van der Waals surface area contributed by atoms with E-state index in [9.17, 15) is 4.79 Å². The van der Waals surface area contributed by atoms with E-state index in [1.165, 1.54) is 0 Å². The zero-order valence-electron chi connectivity index (χ0n) is 21.1. The van der Waals surface area contributed by atoms with Gasteiger partial charge in [0.05, 0.1) is 5.69 Å². The topological polar surface area (TPSA) is 135 Å². The minimum absolute atomic E-state index is 0.0341. The second-order valence-corrected chi connectivity index (χ2v) is 10.1. The number of carbonyl (C=O) groups is 1. The second kappa shape index (κ2) is 9.21. The van der Waals surface area contributed by atoms with Crippen molar-refractivity contribution in [1.82, 2.24) is 35.0 Å². The first-order valence-electron chi connectivity index (χ1n) is 12.0. The average Bonchev–Trinajstić information content (AvgIpc) is 3.45. The van der Waals surface area contributed by atoms with Gasteiger partial charge in [-0.2, -0.15) is 4.98 Å². The number of aromatic nitrogens is 6. The summed E-state index contributed by atoms with van der Waals surface area (Å²) < 4.78 is 10.8. The minimum atomic E-state index is -0.522. The van der Waals surface area contributed by atoms with Crippen LogP contribution in [0.25, 0.3) is 33.9 Å². The number of fused-ring (bicyclic) bond motifs is 1. The maximum Gasteiger partial charge on any atom is 0.410 e. The van der Waals surface area contributed by atoms with Gasteiger partial charge < -0.3 is 24.5 Å². The van der Waals surface area contributed by atoms with Crippen LogP contribution < -0.4 is 5.32 Å². The second-order valence-electron chi connectivity index (χ2n) is 10.1. The Morgan fingerprint density at radius 3 is 2.81 bits per heavy atom. The predicted molar refractivity (Wildman–Crippen MR) is 134 cm³/mol. The Hall–Kier alpha value is -4.02. The fraction of sp³-hybridized carbons (Fsp3) is 0.440. The zero-order valence-corrected chi connectivity index (χ0v) is 21.1. The number of aromatic amines is 1. The molecule has 2 N–H and O–H groups in total. The van der Waals surface area contributed by atoms with Gasteiger partial charge in [0.25, 0.3) is 5.89 Å². The van der Waals surface area contributed by atoms with E-state index in [4.69, 9.17) is 14.2 Å². The summed E-state index contributed by atoms with van der Waals surface area (Å²) in [6, 6.07) is 3.86. The standard InChI is InChI=1S/C25H30N8O3/c1-14-11-27-23(29-16-7-6-10-33(13-16)24(34)35-25(3,4)5)31-20(14)18-12-26-21-17(18)8-9-19(30-21)22-28-15(2)32-36-22/h8-9,11-12,16H,6-7,10,13H2,1-5H3,(H,26,30)(H,27,29,31)/t16-/m0/s1. The molecule has 1 atom stereocenters. The quantitative estimate of drug-likeness (QED) is 0.424. The van der Waals surface area contributed by atoms with Crippen LogP contribution in [-0.4, -0.2) is 65.8 Å². The van der Waals surface area contributed by atoms with Crippen molar-refractivity contribution in [2.24, 2.45) is 0 Å². The van der Waals surface area contributed by atoms with Crippen LogP contribution in [0.1, 0.15) is 45.0 Å². The van der Waals surface area contributed by atoms with Crippen molar-refractivity contribution < 1.29 is 14.1 Å². The molecule has 1 fully saturated rings. The zero-order chi connectivity index (χ0) is 25.4. The fourth-order valence-corrected chi connectivity index (χ4v) is 4.28. The molecular formula is C25H30N8O3. The Balaban J connectivity index is 1.36. The molecule has 0 bridgehead atoms. The lowest BCUT2D eigenvalue weighted by atomic mass is 10.1. The SMILES string of the molecule is Cc1noc(-c2ccc3c(-c4nc(N[C@H]5CCCN(C(=O)OC(C)(C)C)C5)ncc4C)c[nH]c3n2)n1. The third kappa shape index (κ3) is 5.00. The number of hydrogen-bond acceptors (Lipinski definition) is 9. The van der Waals surface area contributed by atoms with Gasteiger partial charge in [0.2, 0.25) is 5.95 Å². The first-order valence-corrected chi connectivity index (χ1v) is 12.0. The molecule has 11 nitrogen and oxygen atoms in total. The lowest BCUT2D eigenvalue weighted by Crippen LogP contribution is -2.47. The summed E-state index contributed by atoms with van der Waals surface area (Å²) in [6.07, 6.45) is 5.21. The highest BCUT2D eigenvalue weighted by molar-refractivity contribution is 5.94. The van der Waals surface area contributed by atoms with Crippen molar-refractivity contribution in [3.05, 3.63) is 35.9 Å². The Bertz CT molecular complexity index is 1400. The molecule has 1 aliphatic heterocycles. The van der Waals surface area contributed by atoms with E-state index < -0.39 is 5.60 Å². The van der Waals surface area contributed by atoms with Gasteiger partial charge in [-0.3, -0.25) is 0 Å². The van der Waals surface area contributed by atoms with Crippen LogP contribution in [0.5, 0.6) is 0 Å². The number of ether oxygens (including phenoxy) is 1. The van der Waals surface area contributed by atoms with Gasteiger partial charge in [0, 0.05) is 42.5 Å². The number of nitrogens with zero attached hydrogens (tertiary/aromatic N) is 6. The molecule has 5 rings (SSSR count). The number of hydrogen-bond donors (Lipinski definition) is 2. The van der Waals surface area contributed by atoms with E-state index in [-0.39, 0.29) is 12.1 Å². The Morgan fingerprint density at radius 2 is 2.06 bits per heavy atom. The number of carbonyl (C=O) groups excluding carboxylic acids is 1. The number of nitrogens with one attached hydrogen (secondary N) is 2. The number of amides is 1. The lowest BCUT2D eigenvalue weighted by Gasteiger charge is -2.34. The van der Waals surface area contributed by atoms with Gasteiger partial charge in [-0.25, -0.2) is 19.7 Å². The lowest BCUT2D eigenvalue weighted by molar-refractivity contribution is 0.0206. The molecule has 0 spiro atoms. The molecule has 4 aromatic rings. The molecule has 0 aliphatic carbocycles. The van der Waals surface area contributed by atoms with Crippen LogP contribution in [-0.2, 0) is 4.74 Å². The molecule has 36 heavy (non-hydrogen) atoms. The smallest absolute Gasteiger partial charge is 0.410 e. The summed E-state index contributed by atoms with van der Waals surface area (Å²) in [5.74, 6) is 1.46. The van der Waals surface area contributed by atoms with Crippen molar-refractivity contribution in [2.75, 3.05) is 18.4 Å². The molecule has 5 heterocycles. The minimum Gasteiger partial charge on any atom is -0.444 e. The van der Waals surface area contributed by atoms with E-state index in [1.807, 2.05) is 46.0 Å². The number of anilines is 1. The summed E-state index contributed by atoms with van der Waals surface area (Å²) in [7, 11) is 0. The predicted octanol–water partition coefficient (Wildman–Crippen LogP) is 4.50. The Labute approximate surface area is 208 Å². The molecular weight excluding hydrogens is 460 g/mol. The maximum absolute atomic E-state index is 12.5. The molecule has 4 aromatic heterocycles. The highest BCUT2D eigenvalue weighted by Gasteiger charge is 2.28. The average molecular weight is 491 g/mol. The third-order valence-corrected chi connectivity index (χ3v) is 5.92. The third-order valence-electron chi connectivity index (χ3n) is 5.92. The molecule has 1 amide bonds. The molecule has 11 heteroatoms. The van der Waals surface area contributed by atoms with Gasteiger partial charge >= 0.3 is 6.09 Å². The fourth-order valence-electron chi connectivity index (χ4n) is 4.28. The molecule has 0 saturated carbocycles. The van der Waals surface area contributed by atoms with Crippen LogP contribution in [0.15, 0.2) is 29.0 Å². The monoisotopic (exact) mass is 490 g/mol. The van der Waals surface area contributed by atoms with Crippen molar-refractivity contribution in [3.8, 4) is 22.8 Å². The van der Waals surface area contributed by atoms with E-state index >= 15 is 0 Å². The largest absolute Gasteiger partial charge is 0.444 e. The van der Waals surface area contributed by atoms with E-state index in [1.54, 1.807) is 18.0 Å². The Kier molecular flexibility index (Phi) is 6.07. The normalized spacial score (nSPS) is 16.4.